The van der Waals surface area contributed by atoms with Crippen molar-refractivity contribution < 1.29 is 4.79 Å². The second-order valence-electron chi connectivity index (χ2n) is 4.92. The van der Waals surface area contributed by atoms with Gasteiger partial charge in [0, 0.05) is 7.05 Å². The number of halogens is 1. The van der Waals surface area contributed by atoms with E-state index in [-0.39, 0.29) is 5.91 Å². The molecule has 0 spiro atoms. The van der Waals surface area contributed by atoms with Crippen LogP contribution in [0.2, 0.25) is 5.02 Å². The highest BCUT2D eigenvalue weighted by Crippen LogP contribution is 2.26. The zero-order chi connectivity index (χ0) is 15.9. The van der Waals surface area contributed by atoms with Crippen molar-refractivity contribution >= 4 is 46.6 Å². The molecule has 1 aromatic carbocycles. The summed E-state index contributed by atoms with van der Waals surface area (Å²) in [6, 6.07) is 7.59. The largest absolute Gasteiger partial charge is 0.327 e. The molecule has 1 N–H and O–H groups in total. The van der Waals surface area contributed by atoms with Gasteiger partial charge in [0.25, 0.3) is 5.91 Å². The first-order chi connectivity index (χ1) is 10.5. The fourth-order valence-electron chi connectivity index (χ4n) is 2.29. The van der Waals surface area contributed by atoms with Gasteiger partial charge in [-0.05, 0) is 36.8 Å². The first-order valence-electron chi connectivity index (χ1n) is 6.59. The van der Waals surface area contributed by atoms with Crippen molar-refractivity contribution in [3.8, 4) is 0 Å². The van der Waals surface area contributed by atoms with E-state index in [1.807, 2.05) is 31.2 Å². The van der Waals surface area contributed by atoms with Crippen LogP contribution in [0.5, 0.6) is 0 Å². The van der Waals surface area contributed by atoms with Gasteiger partial charge >= 0.3 is 0 Å². The van der Waals surface area contributed by atoms with Gasteiger partial charge in [-0.1, -0.05) is 29.8 Å². The number of aromatic nitrogens is 2. The number of rotatable bonds is 2. The van der Waals surface area contributed by atoms with Crippen LogP contribution in [0.3, 0.4) is 0 Å². The summed E-state index contributed by atoms with van der Waals surface area (Å²) in [5, 5.41) is 7.82. The van der Waals surface area contributed by atoms with Crippen molar-refractivity contribution in [2.75, 3.05) is 4.90 Å². The van der Waals surface area contributed by atoms with Crippen molar-refractivity contribution in [2.45, 2.75) is 6.92 Å². The maximum Gasteiger partial charge on any atom is 0.281 e. The molecule has 1 saturated heterocycles. The Kier molecular flexibility index (Phi) is 3.72. The highest BCUT2D eigenvalue weighted by molar-refractivity contribution is 7.80. The molecule has 7 heteroatoms. The quantitative estimate of drug-likeness (QED) is 0.678. The van der Waals surface area contributed by atoms with Gasteiger partial charge < -0.3 is 5.32 Å². The number of para-hydroxylation sites is 1. The Labute approximate surface area is 138 Å². The van der Waals surface area contributed by atoms with Crippen LogP contribution in [0.4, 0.5) is 5.69 Å². The van der Waals surface area contributed by atoms with Gasteiger partial charge in [-0.2, -0.15) is 5.10 Å². The van der Waals surface area contributed by atoms with Gasteiger partial charge in [-0.25, -0.2) is 0 Å². The molecule has 0 radical (unpaired) electrons. The Bertz CT molecular complexity index is 792. The number of hydrogen-bond donors (Lipinski definition) is 1. The monoisotopic (exact) mass is 332 g/mol. The van der Waals surface area contributed by atoms with E-state index in [0.29, 0.717) is 21.5 Å². The molecule has 0 bridgehead atoms. The average Bonchev–Trinajstić information content (AvgIpc) is 2.94. The number of anilines is 1. The number of thiocarbonyl (C=S) groups is 1. The van der Waals surface area contributed by atoms with Crippen LogP contribution in [-0.4, -0.2) is 20.8 Å². The van der Waals surface area contributed by atoms with Crippen molar-refractivity contribution in [3.63, 3.8) is 0 Å². The third kappa shape index (κ3) is 2.40. The highest BCUT2D eigenvalue weighted by atomic mass is 35.5. The molecule has 1 aromatic heterocycles. The molecule has 2 aromatic rings. The summed E-state index contributed by atoms with van der Waals surface area (Å²) in [4.78, 5) is 14.1. The molecule has 1 aliphatic heterocycles. The lowest BCUT2D eigenvalue weighted by atomic mass is 10.2. The average molecular weight is 333 g/mol. The van der Waals surface area contributed by atoms with E-state index in [1.54, 1.807) is 17.8 Å². The number of benzene rings is 1. The number of carbonyl (C=O) groups excluding carboxylic acids is 1. The number of amides is 1. The molecular formula is C15H13ClN4OS. The molecule has 1 amide bonds. The molecule has 1 aliphatic rings. The minimum atomic E-state index is -0.212. The highest BCUT2D eigenvalue weighted by Gasteiger charge is 2.33. The number of nitrogens with one attached hydrogen (secondary N) is 1. The van der Waals surface area contributed by atoms with Crippen molar-refractivity contribution in [2.24, 2.45) is 7.05 Å². The van der Waals surface area contributed by atoms with Crippen LogP contribution in [0.1, 0.15) is 11.3 Å². The molecule has 22 heavy (non-hydrogen) atoms. The summed E-state index contributed by atoms with van der Waals surface area (Å²) in [7, 11) is 1.76. The summed E-state index contributed by atoms with van der Waals surface area (Å²) < 4.78 is 1.60. The Morgan fingerprint density at radius 3 is 2.73 bits per heavy atom. The fraction of sp³-hybridized carbons (Fsp3) is 0.133. The van der Waals surface area contributed by atoms with E-state index >= 15 is 0 Å². The summed E-state index contributed by atoms with van der Waals surface area (Å²) in [5.74, 6) is -0.212. The Balaban J connectivity index is 2.01. The Morgan fingerprint density at radius 2 is 2.09 bits per heavy atom. The number of carbonyl (C=O) groups is 1. The van der Waals surface area contributed by atoms with E-state index in [1.165, 1.54) is 11.1 Å². The first-order valence-corrected chi connectivity index (χ1v) is 7.38. The van der Waals surface area contributed by atoms with Crippen LogP contribution in [0.25, 0.3) is 6.08 Å². The van der Waals surface area contributed by atoms with Gasteiger partial charge in [0.1, 0.15) is 5.70 Å². The number of hydrogen-bond acceptors (Lipinski definition) is 3. The molecular weight excluding hydrogens is 320 g/mol. The van der Waals surface area contributed by atoms with Gasteiger partial charge in [-0.15, -0.1) is 0 Å². The standard InChI is InChI=1S/C15H13ClN4OS/c1-9-5-3-4-6-12(9)20-14(21)11(18-15(20)22)7-13-10(16)8-17-19(13)2/h3-8H,1-2H3,(H,18,22)/b11-7+. The second-order valence-corrected chi connectivity index (χ2v) is 5.71. The molecule has 5 nitrogen and oxygen atoms in total. The maximum absolute atomic E-state index is 12.7. The molecule has 2 heterocycles. The molecule has 1 fully saturated rings. The lowest BCUT2D eigenvalue weighted by Gasteiger charge is -2.16. The van der Waals surface area contributed by atoms with E-state index in [2.05, 4.69) is 10.4 Å². The fourth-order valence-corrected chi connectivity index (χ4v) is 2.80. The smallest absolute Gasteiger partial charge is 0.281 e. The van der Waals surface area contributed by atoms with Crippen molar-refractivity contribution in [1.29, 1.82) is 0 Å². The lowest BCUT2D eigenvalue weighted by Crippen LogP contribution is -2.30. The van der Waals surface area contributed by atoms with Gasteiger partial charge in [0.05, 0.1) is 22.6 Å². The summed E-state index contributed by atoms with van der Waals surface area (Å²) >= 11 is 11.4. The van der Waals surface area contributed by atoms with Gasteiger partial charge in [-0.3, -0.25) is 14.4 Å². The third-order valence-corrected chi connectivity index (χ3v) is 4.03. The number of nitrogens with zero attached hydrogens (tertiary/aromatic N) is 3. The van der Waals surface area contributed by atoms with Crippen molar-refractivity contribution in [3.05, 3.63) is 52.4 Å². The molecule has 0 atom stereocenters. The molecule has 112 valence electrons. The van der Waals surface area contributed by atoms with Crippen LogP contribution in [0.15, 0.2) is 36.2 Å². The Hall–Kier alpha value is -2.18. The second kappa shape index (κ2) is 5.55. The third-order valence-electron chi connectivity index (χ3n) is 3.45. The Morgan fingerprint density at radius 1 is 1.36 bits per heavy atom. The maximum atomic E-state index is 12.7. The van der Waals surface area contributed by atoms with Crippen LogP contribution < -0.4 is 10.2 Å². The predicted octanol–water partition coefficient (Wildman–Crippen LogP) is 2.64. The van der Waals surface area contributed by atoms with Crippen molar-refractivity contribution in [1.82, 2.24) is 15.1 Å². The van der Waals surface area contributed by atoms with E-state index in [0.717, 1.165) is 11.3 Å². The van der Waals surface area contributed by atoms with E-state index < -0.39 is 0 Å². The van der Waals surface area contributed by atoms with Gasteiger partial charge in [0.2, 0.25) is 0 Å². The van der Waals surface area contributed by atoms with E-state index in [9.17, 15) is 4.79 Å². The molecule has 3 rings (SSSR count). The molecule has 0 unspecified atom stereocenters. The minimum Gasteiger partial charge on any atom is -0.327 e. The summed E-state index contributed by atoms with van der Waals surface area (Å²) in [6.45, 7) is 1.94. The summed E-state index contributed by atoms with van der Waals surface area (Å²) in [5.41, 5.74) is 2.76. The zero-order valence-electron chi connectivity index (χ0n) is 12.0. The van der Waals surface area contributed by atoms with Gasteiger partial charge in [0.15, 0.2) is 5.11 Å². The summed E-state index contributed by atoms with van der Waals surface area (Å²) in [6.07, 6.45) is 3.19. The SMILES string of the molecule is Cc1ccccc1N1C(=O)/C(=C\c2c(Cl)cnn2C)NC1=S. The van der Waals surface area contributed by atoms with Crippen LogP contribution in [0, 0.1) is 6.92 Å². The normalized spacial score (nSPS) is 16.5. The number of aryl methyl sites for hydroxylation is 2. The first kappa shape index (κ1) is 14.7. The van der Waals surface area contributed by atoms with Crippen LogP contribution in [-0.2, 0) is 11.8 Å². The molecule has 0 saturated carbocycles. The molecule has 0 aliphatic carbocycles. The van der Waals surface area contributed by atoms with E-state index in [4.69, 9.17) is 23.8 Å². The lowest BCUT2D eigenvalue weighted by molar-refractivity contribution is -0.113. The predicted molar refractivity (Wildman–Crippen MR) is 90.6 cm³/mol. The zero-order valence-corrected chi connectivity index (χ0v) is 13.6. The topological polar surface area (TPSA) is 50.2 Å². The van der Waals surface area contributed by atoms with Crippen LogP contribution >= 0.6 is 23.8 Å². The minimum absolute atomic E-state index is 0.212.